The lowest BCUT2D eigenvalue weighted by atomic mass is 9.81. The Balaban J connectivity index is 2.67. The highest BCUT2D eigenvalue weighted by Crippen LogP contribution is 2.32. The van der Waals surface area contributed by atoms with E-state index in [-0.39, 0.29) is 16.9 Å². The fourth-order valence-corrected chi connectivity index (χ4v) is 4.18. The summed E-state index contributed by atoms with van der Waals surface area (Å²) in [6.07, 6.45) is 2.74. The quantitative estimate of drug-likeness (QED) is 0.741. The summed E-state index contributed by atoms with van der Waals surface area (Å²) in [4.78, 5) is 14.7. The van der Waals surface area contributed by atoms with Crippen LogP contribution in [0, 0.1) is 5.41 Å². The average molecular weight is 287 g/mol. The van der Waals surface area contributed by atoms with E-state index in [9.17, 15) is 4.79 Å². The minimum atomic E-state index is -0.390. The van der Waals surface area contributed by atoms with Crippen LogP contribution in [0.25, 0.3) is 0 Å². The monoisotopic (exact) mass is 287 g/mol. The summed E-state index contributed by atoms with van der Waals surface area (Å²) in [7, 11) is 4.21. The van der Waals surface area contributed by atoms with Crippen molar-refractivity contribution in [2.75, 3.05) is 38.7 Å². The van der Waals surface area contributed by atoms with E-state index in [1.165, 1.54) is 5.75 Å². The van der Waals surface area contributed by atoms with Crippen molar-refractivity contribution in [1.82, 2.24) is 10.2 Å². The lowest BCUT2D eigenvalue weighted by molar-refractivity contribution is -0.131. The molecule has 1 aliphatic rings. The topological polar surface area (TPSA) is 58.4 Å². The molecule has 0 spiro atoms. The van der Waals surface area contributed by atoms with Crippen molar-refractivity contribution < 1.29 is 4.79 Å². The molecule has 1 saturated heterocycles. The normalized spacial score (nSPS) is 23.9. The van der Waals surface area contributed by atoms with Gasteiger partial charge < -0.3 is 16.0 Å². The Kier molecular flexibility index (Phi) is 6.15. The van der Waals surface area contributed by atoms with Crippen molar-refractivity contribution >= 4 is 17.7 Å². The van der Waals surface area contributed by atoms with Crippen LogP contribution >= 0.6 is 11.8 Å². The van der Waals surface area contributed by atoms with Gasteiger partial charge in [-0.3, -0.25) is 4.79 Å². The van der Waals surface area contributed by atoms with Gasteiger partial charge in [-0.2, -0.15) is 11.8 Å². The van der Waals surface area contributed by atoms with E-state index in [1.807, 2.05) is 25.6 Å². The van der Waals surface area contributed by atoms with Gasteiger partial charge in [0.1, 0.15) is 0 Å². The second-order valence-electron chi connectivity index (χ2n) is 5.80. The molecule has 3 N–H and O–H groups in total. The molecule has 4 nitrogen and oxygen atoms in total. The van der Waals surface area contributed by atoms with Gasteiger partial charge in [0.05, 0.1) is 5.41 Å². The third-order valence-corrected chi connectivity index (χ3v) is 6.07. The number of thioether (sulfide) groups is 1. The second-order valence-corrected chi connectivity index (χ2v) is 6.90. The minimum Gasteiger partial charge on any atom is -0.354 e. The van der Waals surface area contributed by atoms with Gasteiger partial charge >= 0.3 is 0 Å². The summed E-state index contributed by atoms with van der Waals surface area (Å²) in [5, 5.41) is 3.17. The van der Waals surface area contributed by atoms with E-state index >= 15 is 0 Å². The molecule has 1 aliphatic heterocycles. The molecule has 0 aromatic carbocycles. The molecule has 1 atom stereocenters. The van der Waals surface area contributed by atoms with Crippen molar-refractivity contribution in [3.63, 3.8) is 0 Å². The fraction of sp³-hybridized carbons (Fsp3) is 0.929. The van der Waals surface area contributed by atoms with Gasteiger partial charge in [-0.1, -0.05) is 13.8 Å². The Morgan fingerprint density at radius 1 is 1.42 bits per heavy atom. The number of rotatable bonds is 7. The van der Waals surface area contributed by atoms with Crippen LogP contribution in [0.1, 0.15) is 33.1 Å². The Labute approximate surface area is 121 Å². The summed E-state index contributed by atoms with van der Waals surface area (Å²) in [5.41, 5.74) is 5.55. The summed E-state index contributed by atoms with van der Waals surface area (Å²) in [5.74, 6) is 2.39. The molecule has 1 heterocycles. The Bertz CT molecular complexity index is 289. The molecule has 1 amide bonds. The van der Waals surface area contributed by atoms with Crippen molar-refractivity contribution in [1.29, 1.82) is 0 Å². The van der Waals surface area contributed by atoms with Crippen LogP contribution < -0.4 is 11.1 Å². The number of nitrogens with zero attached hydrogens (tertiary/aromatic N) is 1. The number of nitrogens with two attached hydrogens (primary N) is 1. The average Bonchev–Trinajstić information content (AvgIpc) is 2.89. The molecular weight excluding hydrogens is 258 g/mol. The lowest BCUT2D eigenvalue weighted by Crippen LogP contribution is -2.56. The number of hydrogen-bond acceptors (Lipinski definition) is 4. The SMILES string of the molecule is CCC(CC)(CN)C(=O)NCC1(N(C)C)CCSC1. The molecule has 0 aromatic heterocycles. The van der Waals surface area contributed by atoms with Gasteiger partial charge in [0.25, 0.3) is 0 Å². The number of amides is 1. The summed E-state index contributed by atoms with van der Waals surface area (Å²) >= 11 is 1.97. The Morgan fingerprint density at radius 2 is 2.05 bits per heavy atom. The van der Waals surface area contributed by atoms with Crippen LogP contribution in [0.2, 0.25) is 0 Å². The van der Waals surface area contributed by atoms with Crippen molar-refractivity contribution in [3.8, 4) is 0 Å². The molecule has 1 rings (SSSR count). The lowest BCUT2D eigenvalue weighted by Gasteiger charge is -2.37. The predicted molar refractivity (Wildman–Crippen MR) is 83.4 cm³/mol. The molecule has 5 heteroatoms. The Hall–Kier alpha value is -0.260. The largest absolute Gasteiger partial charge is 0.354 e. The maximum absolute atomic E-state index is 12.5. The van der Waals surface area contributed by atoms with E-state index in [0.29, 0.717) is 6.54 Å². The highest BCUT2D eigenvalue weighted by Gasteiger charge is 2.39. The first-order chi connectivity index (χ1) is 8.96. The number of carbonyl (C=O) groups excluding carboxylic acids is 1. The van der Waals surface area contributed by atoms with E-state index in [1.54, 1.807) is 0 Å². The molecule has 0 aliphatic carbocycles. The first-order valence-corrected chi connectivity index (χ1v) is 8.35. The van der Waals surface area contributed by atoms with Gasteiger partial charge in [0.2, 0.25) is 5.91 Å². The zero-order chi connectivity index (χ0) is 14.5. The van der Waals surface area contributed by atoms with E-state index in [0.717, 1.165) is 31.6 Å². The highest BCUT2D eigenvalue weighted by molar-refractivity contribution is 7.99. The van der Waals surface area contributed by atoms with Crippen LogP contribution in [-0.2, 0) is 4.79 Å². The van der Waals surface area contributed by atoms with E-state index < -0.39 is 0 Å². The fourth-order valence-electron chi connectivity index (χ4n) is 2.63. The smallest absolute Gasteiger partial charge is 0.227 e. The molecule has 0 aromatic rings. The molecule has 112 valence electrons. The van der Waals surface area contributed by atoms with Crippen LogP contribution in [0.15, 0.2) is 0 Å². The Morgan fingerprint density at radius 3 is 2.42 bits per heavy atom. The number of nitrogens with one attached hydrogen (secondary N) is 1. The van der Waals surface area contributed by atoms with Crippen LogP contribution in [0.3, 0.4) is 0 Å². The van der Waals surface area contributed by atoms with Gasteiger partial charge in [0.15, 0.2) is 0 Å². The first kappa shape index (κ1) is 16.8. The second kappa shape index (κ2) is 6.95. The molecule has 0 bridgehead atoms. The molecule has 0 radical (unpaired) electrons. The standard InChI is InChI=1S/C14H29N3OS/c1-5-13(6-2,9-15)12(18)16-10-14(17(3)4)7-8-19-11-14/h5-11,15H2,1-4H3,(H,16,18). The third-order valence-electron chi connectivity index (χ3n) is 4.84. The highest BCUT2D eigenvalue weighted by atomic mass is 32.2. The van der Waals surface area contributed by atoms with Gasteiger partial charge in [0, 0.05) is 24.4 Å². The van der Waals surface area contributed by atoms with Crippen LogP contribution in [0.5, 0.6) is 0 Å². The zero-order valence-corrected chi connectivity index (χ0v) is 13.6. The summed E-state index contributed by atoms with van der Waals surface area (Å²) in [6.45, 7) is 5.25. The van der Waals surface area contributed by atoms with Crippen molar-refractivity contribution in [2.45, 2.75) is 38.6 Å². The first-order valence-electron chi connectivity index (χ1n) is 7.20. The van der Waals surface area contributed by atoms with Gasteiger partial charge in [-0.05, 0) is 39.1 Å². The third kappa shape index (κ3) is 3.44. The maximum atomic E-state index is 12.5. The molecule has 1 unspecified atom stereocenters. The van der Waals surface area contributed by atoms with Gasteiger partial charge in [-0.25, -0.2) is 0 Å². The summed E-state index contributed by atoms with van der Waals surface area (Å²) < 4.78 is 0. The minimum absolute atomic E-state index is 0.113. The van der Waals surface area contributed by atoms with Crippen molar-refractivity contribution in [3.05, 3.63) is 0 Å². The zero-order valence-electron chi connectivity index (χ0n) is 12.8. The molecule has 19 heavy (non-hydrogen) atoms. The molecule has 1 fully saturated rings. The predicted octanol–water partition coefficient (Wildman–Crippen LogP) is 1.31. The number of hydrogen-bond donors (Lipinski definition) is 2. The van der Waals surface area contributed by atoms with Gasteiger partial charge in [-0.15, -0.1) is 0 Å². The van der Waals surface area contributed by atoms with E-state index in [2.05, 4.69) is 24.3 Å². The van der Waals surface area contributed by atoms with Crippen molar-refractivity contribution in [2.24, 2.45) is 11.1 Å². The summed E-state index contributed by atoms with van der Waals surface area (Å²) in [6, 6.07) is 0. The van der Waals surface area contributed by atoms with Crippen LogP contribution in [-0.4, -0.2) is 55.0 Å². The van der Waals surface area contributed by atoms with E-state index in [4.69, 9.17) is 5.73 Å². The molecular formula is C14H29N3OS. The molecule has 0 saturated carbocycles. The van der Waals surface area contributed by atoms with Crippen LogP contribution in [0.4, 0.5) is 0 Å². The number of carbonyl (C=O) groups is 1. The number of likely N-dealkylation sites (N-methyl/N-ethyl adjacent to an activating group) is 1. The maximum Gasteiger partial charge on any atom is 0.227 e.